The van der Waals surface area contributed by atoms with Gasteiger partial charge < -0.3 is 10.2 Å². The SMILES string of the molecule is Cc1cccc(N2CCCNC(C(C)(C)C)C2)c1C. The van der Waals surface area contributed by atoms with E-state index in [0.29, 0.717) is 11.5 Å². The summed E-state index contributed by atoms with van der Waals surface area (Å²) >= 11 is 0. The highest BCUT2D eigenvalue weighted by Gasteiger charge is 2.28. The zero-order valence-electron chi connectivity index (χ0n) is 13.1. The molecule has 19 heavy (non-hydrogen) atoms. The molecule has 0 amide bonds. The second-order valence-corrected chi connectivity index (χ2v) is 6.89. The van der Waals surface area contributed by atoms with Crippen LogP contribution < -0.4 is 10.2 Å². The number of hydrogen-bond donors (Lipinski definition) is 1. The summed E-state index contributed by atoms with van der Waals surface area (Å²) in [6, 6.07) is 7.21. The number of nitrogens with one attached hydrogen (secondary N) is 1. The molecule has 0 aliphatic carbocycles. The number of hydrogen-bond acceptors (Lipinski definition) is 2. The Balaban J connectivity index is 2.25. The maximum Gasteiger partial charge on any atom is 0.0399 e. The molecule has 1 N–H and O–H groups in total. The minimum absolute atomic E-state index is 0.306. The van der Waals surface area contributed by atoms with Crippen molar-refractivity contribution in [2.75, 3.05) is 24.5 Å². The molecule has 1 atom stereocenters. The van der Waals surface area contributed by atoms with E-state index in [1.165, 1.54) is 23.2 Å². The predicted molar refractivity (Wildman–Crippen MR) is 84.0 cm³/mol. The highest BCUT2D eigenvalue weighted by molar-refractivity contribution is 5.56. The monoisotopic (exact) mass is 260 g/mol. The van der Waals surface area contributed by atoms with Crippen molar-refractivity contribution in [3.8, 4) is 0 Å². The molecule has 0 bridgehead atoms. The second kappa shape index (κ2) is 5.54. The number of rotatable bonds is 1. The van der Waals surface area contributed by atoms with Gasteiger partial charge in [-0.2, -0.15) is 0 Å². The molecule has 0 radical (unpaired) electrons. The van der Waals surface area contributed by atoms with Crippen LogP contribution in [0.1, 0.15) is 38.3 Å². The summed E-state index contributed by atoms with van der Waals surface area (Å²) in [5.74, 6) is 0. The topological polar surface area (TPSA) is 15.3 Å². The molecule has 1 aromatic rings. The smallest absolute Gasteiger partial charge is 0.0399 e. The van der Waals surface area contributed by atoms with Gasteiger partial charge in [0.15, 0.2) is 0 Å². The molecule has 2 rings (SSSR count). The zero-order chi connectivity index (χ0) is 14.0. The van der Waals surface area contributed by atoms with E-state index in [9.17, 15) is 0 Å². The fraction of sp³-hybridized carbons (Fsp3) is 0.647. The molecule has 0 aromatic heterocycles. The summed E-state index contributed by atoms with van der Waals surface area (Å²) < 4.78 is 0. The molecule has 1 aliphatic heterocycles. The first kappa shape index (κ1) is 14.4. The van der Waals surface area contributed by atoms with Crippen molar-refractivity contribution in [2.45, 2.75) is 47.1 Å². The van der Waals surface area contributed by atoms with Gasteiger partial charge in [0.2, 0.25) is 0 Å². The summed E-state index contributed by atoms with van der Waals surface area (Å²) in [7, 11) is 0. The lowest BCUT2D eigenvalue weighted by Crippen LogP contribution is -2.46. The van der Waals surface area contributed by atoms with Gasteiger partial charge in [-0.05, 0) is 49.4 Å². The Morgan fingerprint density at radius 1 is 1.21 bits per heavy atom. The first-order valence-electron chi connectivity index (χ1n) is 7.44. The van der Waals surface area contributed by atoms with Gasteiger partial charge in [-0.15, -0.1) is 0 Å². The zero-order valence-corrected chi connectivity index (χ0v) is 13.1. The van der Waals surface area contributed by atoms with Crippen molar-refractivity contribution in [2.24, 2.45) is 5.41 Å². The summed E-state index contributed by atoms with van der Waals surface area (Å²) in [4.78, 5) is 2.57. The van der Waals surface area contributed by atoms with Crippen molar-refractivity contribution >= 4 is 5.69 Å². The summed E-state index contributed by atoms with van der Waals surface area (Å²) in [6.07, 6.45) is 1.22. The van der Waals surface area contributed by atoms with Gasteiger partial charge in [-0.3, -0.25) is 0 Å². The molecular formula is C17H28N2. The van der Waals surface area contributed by atoms with E-state index in [0.717, 1.165) is 19.6 Å². The van der Waals surface area contributed by atoms with Crippen LogP contribution in [0.15, 0.2) is 18.2 Å². The van der Waals surface area contributed by atoms with Crippen LogP contribution in [0.4, 0.5) is 5.69 Å². The van der Waals surface area contributed by atoms with Crippen molar-refractivity contribution in [1.82, 2.24) is 5.32 Å². The summed E-state index contributed by atoms with van der Waals surface area (Å²) in [5.41, 5.74) is 4.54. The molecule has 2 heteroatoms. The van der Waals surface area contributed by atoms with Crippen molar-refractivity contribution < 1.29 is 0 Å². The lowest BCUT2D eigenvalue weighted by atomic mass is 9.86. The number of aryl methyl sites for hydroxylation is 1. The van der Waals surface area contributed by atoms with Gasteiger partial charge >= 0.3 is 0 Å². The number of anilines is 1. The lowest BCUT2D eigenvalue weighted by molar-refractivity contribution is 0.280. The average Bonchev–Trinajstić information content (AvgIpc) is 2.58. The van der Waals surface area contributed by atoms with Crippen LogP contribution in [0.25, 0.3) is 0 Å². The van der Waals surface area contributed by atoms with Crippen molar-refractivity contribution in [3.63, 3.8) is 0 Å². The van der Waals surface area contributed by atoms with E-state index < -0.39 is 0 Å². The maximum absolute atomic E-state index is 3.71. The second-order valence-electron chi connectivity index (χ2n) is 6.89. The van der Waals surface area contributed by atoms with Crippen LogP contribution >= 0.6 is 0 Å². The quantitative estimate of drug-likeness (QED) is 0.831. The minimum atomic E-state index is 0.306. The highest BCUT2D eigenvalue weighted by atomic mass is 15.2. The molecule has 1 heterocycles. The van der Waals surface area contributed by atoms with Crippen LogP contribution in [0, 0.1) is 19.3 Å². The summed E-state index contributed by atoms with van der Waals surface area (Å²) in [6.45, 7) is 14.8. The molecule has 0 spiro atoms. The van der Waals surface area contributed by atoms with E-state index in [1.807, 2.05) is 0 Å². The van der Waals surface area contributed by atoms with E-state index in [2.05, 4.69) is 63.0 Å². The van der Waals surface area contributed by atoms with Crippen molar-refractivity contribution in [1.29, 1.82) is 0 Å². The molecule has 1 aromatic carbocycles. The van der Waals surface area contributed by atoms with E-state index in [4.69, 9.17) is 0 Å². The van der Waals surface area contributed by atoms with Crippen LogP contribution in [0.3, 0.4) is 0 Å². The molecule has 1 aliphatic rings. The van der Waals surface area contributed by atoms with E-state index in [-0.39, 0.29) is 0 Å². The Morgan fingerprint density at radius 2 is 1.95 bits per heavy atom. The Morgan fingerprint density at radius 3 is 2.63 bits per heavy atom. The maximum atomic E-state index is 3.71. The molecule has 0 saturated carbocycles. The summed E-state index contributed by atoms with van der Waals surface area (Å²) in [5, 5.41) is 3.71. The minimum Gasteiger partial charge on any atom is -0.370 e. The third-order valence-corrected chi connectivity index (χ3v) is 4.36. The Bertz CT molecular complexity index is 431. The standard InChI is InChI=1S/C17H28N2/c1-13-8-6-9-15(14(13)2)19-11-7-10-18-16(12-19)17(3,4)5/h6,8-9,16,18H,7,10-12H2,1-5H3. The van der Waals surface area contributed by atoms with Gasteiger partial charge in [0.1, 0.15) is 0 Å². The fourth-order valence-corrected chi connectivity index (χ4v) is 2.80. The number of nitrogens with zero attached hydrogens (tertiary/aromatic N) is 1. The Hall–Kier alpha value is -1.02. The van der Waals surface area contributed by atoms with Crippen molar-refractivity contribution in [3.05, 3.63) is 29.3 Å². The molecule has 1 saturated heterocycles. The van der Waals surface area contributed by atoms with Crippen LogP contribution in [0.2, 0.25) is 0 Å². The van der Waals surface area contributed by atoms with Crippen LogP contribution in [0.5, 0.6) is 0 Å². The average molecular weight is 260 g/mol. The lowest BCUT2D eigenvalue weighted by Gasteiger charge is -2.35. The molecule has 1 fully saturated rings. The highest BCUT2D eigenvalue weighted by Crippen LogP contribution is 2.27. The van der Waals surface area contributed by atoms with Gasteiger partial charge in [-0.1, -0.05) is 32.9 Å². The van der Waals surface area contributed by atoms with Crippen LogP contribution in [-0.2, 0) is 0 Å². The molecule has 1 unspecified atom stereocenters. The van der Waals surface area contributed by atoms with E-state index >= 15 is 0 Å². The van der Waals surface area contributed by atoms with Gasteiger partial charge in [-0.25, -0.2) is 0 Å². The van der Waals surface area contributed by atoms with Gasteiger partial charge in [0, 0.05) is 24.8 Å². The molecule has 2 nitrogen and oxygen atoms in total. The fourth-order valence-electron chi connectivity index (χ4n) is 2.80. The third-order valence-electron chi connectivity index (χ3n) is 4.36. The van der Waals surface area contributed by atoms with Gasteiger partial charge in [0.05, 0.1) is 0 Å². The van der Waals surface area contributed by atoms with Gasteiger partial charge in [0.25, 0.3) is 0 Å². The molecular weight excluding hydrogens is 232 g/mol. The third kappa shape index (κ3) is 3.30. The van der Waals surface area contributed by atoms with E-state index in [1.54, 1.807) is 0 Å². The predicted octanol–water partition coefficient (Wildman–Crippen LogP) is 3.52. The largest absolute Gasteiger partial charge is 0.370 e. The number of benzene rings is 1. The molecule has 106 valence electrons. The van der Waals surface area contributed by atoms with Crippen LogP contribution in [-0.4, -0.2) is 25.7 Å². The Kier molecular flexibility index (Phi) is 4.19. The first-order valence-corrected chi connectivity index (χ1v) is 7.44. The first-order chi connectivity index (χ1) is 8.89. The normalized spacial score (nSPS) is 21.3. The Labute approximate surface area is 118 Å².